The minimum Gasteiger partial charge on any atom is -0.273 e. The topological polar surface area (TPSA) is 55.9 Å². The highest BCUT2D eigenvalue weighted by molar-refractivity contribution is 5.26. The molecule has 3 rings (SSSR count). The third-order valence-electron chi connectivity index (χ3n) is 4.43. The van der Waals surface area contributed by atoms with Crippen molar-refractivity contribution in [2.75, 3.05) is 0 Å². The van der Waals surface area contributed by atoms with Gasteiger partial charge < -0.3 is 0 Å². The normalized spacial score (nSPS) is 22.7. The van der Waals surface area contributed by atoms with E-state index in [4.69, 9.17) is 5.84 Å². The lowest BCUT2D eigenvalue weighted by Gasteiger charge is -2.16. The van der Waals surface area contributed by atoms with E-state index < -0.39 is 0 Å². The van der Waals surface area contributed by atoms with Gasteiger partial charge in [-0.25, -0.2) is 0 Å². The highest BCUT2D eigenvalue weighted by Crippen LogP contribution is 2.50. The van der Waals surface area contributed by atoms with E-state index in [0.29, 0.717) is 17.9 Å². The summed E-state index contributed by atoms with van der Waals surface area (Å²) in [6.45, 7) is 0. The summed E-state index contributed by atoms with van der Waals surface area (Å²) in [4.78, 5) is 0. The summed E-state index contributed by atoms with van der Waals surface area (Å²) in [5.74, 6) is 7.09. The van der Waals surface area contributed by atoms with E-state index in [2.05, 4.69) is 46.9 Å². The van der Waals surface area contributed by atoms with Crippen molar-refractivity contribution in [1.82, 2.24) is 15.2 Å². The van der Waals surface area contributed by atoms with Gasteiger partial charge in [0.15, 0.2) is 0 Å². The van der Waals surface area contributed by atoms with Gasteiger partial charge in [0.2, 0.25) is 0 Å². The largest absolute Gasteiger partial charge is 0.273 e. The molecule has 0 bridgehead atoms. The summed E-state index contributed by atoms with van der Waals surface area (Å²) in [5, 5.41) is 4.21. The maximum Gasteiger partial charge on any atom is 0.0492 e. The molecule has 1 heterocycles. The van der Waals surface area contributed by atoms with Gasteiger partial charge in [0.25, 0.3) is 0 Å². The Morgan fingerprint density at radius 3 is 2.80 bits per heavy atom. The van der Waals surface area contributed by atoms with Crippen LogP contribution in [0, 0.1) is 5.92 Å². The molecular weight excluding hydrogens is 248 g/mol. The Bertz CT molecular complexity index is 549. The molecule has 1 aromatic carbocycles. The molecule has 0 radical (unpaired) electrons. The lowest BCUT2D eigenvalue weighted by Crippen LogP contribution is -2.37. The van der Waals surface area contributed by atoms with Crippen LogP contribution in [0.1, 0.15) is 30.0 Å². The highest BCUT2D eigenvalue weighted by Gasteiger charge is 2.43. The summed E-state index contributed by atoms with van der Waals surface area (Å²) in [7, 11) is 1.99. The fourth-order valence-corrected chi connectivity index (χ4v) is 3.11. The Morgan fingerprint density at radius 1 is 1.35 bits per heavy atom. The average Bonchev–Trinajstić information content (AvgIpc) is 3.17. The van der Waals surface area contributed by atoms with Crippen LogP contribution < -0.4 is 11.3 Å². The van der Waals surface area contributed by atoms with Gasteiger partial charge in [-0.15, -0.1) is 0 Å². The van der Waals surface area contributed by atoms with Gasteiger partial charge in [-0.2, -0.15) is 5.10 Å². The molecule has 2 aromatic rings. The Balaban J connectivity index is 1.57. The van der Waals surface area contributed by atoms with E-state index >= 15 is 0 Å². The zero-order chi connectivity index (χ0) is 13.9. The molecule has 0 aliphatic heterocycles. The molecule has 20 heavy (non-hydrogen) atoms. The van der Waals surface area contributed by atoms with Crippen molar-refractivity contribution in [3.63, 3.8) is 0 Å². The minimum atomic E-state index is 0.384. The van der Waals surface area contributed by atoms with Crippen LogP contribution in [0.5, 0.6) is 0 Å². The lowest BCUT2D eigenvalue weighted by molar-refractivity contribution is 0.434. The zero-order valence-electron chi connectivity index (χ0n) is 11.9. The summed E-state index contributed by atoms with van der Waals surface area (Å²) in [6.07, 6.45) is 5.17. The Labute approximate surface area is 120 Å². The van der Waals surface area contributed by atoms with Gasteiger partial charge >= 0.3 is 0 Å². The molecule has 0 spiro atoms. The number of hydrazine groups is 1. The smallest absolute Gasteiger partial charge is 0.0492 e. The van der Waals surface area contributed by atoms with Crippen molar-refractivity contribution in [2.24, 2.45) is 18.8 Å². The maximum atomic E-state index is 5.76. The number of hydrogen-bond acceptors (Lipinski definition) is 3. The van der Waals surface area contributed by atoms with Crippen molar-refractivity contribution in [3.05, 3.63) is 53.9 Å². The van der Waals surface area contributed by atoms with Crippen LogP contribution in [0.15, 0.2) is 42.6 Å². The number of aryl methyl sites for hydroxylation is 2. The molecule has 1 saturated carbocycles. The number of benzene rings is 1. The van der Waals surface area contributed by atoms with Crippen LogP contribution >= 0.6 is 0 Å². The number of hydrogen-bond donors (Lipinski definition) is 2. The average molecular weight is 270 g/mol. The van der Waals surface area contributed by atoms with Crippen molar-refractivity contribution >= 4 is 0 Å². The van der Waals surface area contributed by atoms with Crippen molar-refractivity contribution in [2.45, 2.75) is 31.2 Å². The molecule has 4 nitrogen and oxygen atoms in total. The quantitative estimate of drug-likeness (QED) is 0.623. The SMILES string of the molecule is Cn1nccc1CCC(NN)C1CC1c1ccccc1. The molecule has 1 fully saturated rings. The molecule has 106 valence electrons. The monoisotopic (exact) mass is 270 g/mol. The van der Waals surface area contributed by atoms with Gasteiger partial charge in [-0.1, -0.05) is 30.3 Å². The Kier molecular flexibility index (Phi) is 3.85. The number of nitrogens with zero attached hydrogens (tertiary/aromatic N) is 2. The van der Waals surface area contributed by atoms with Gasteiger partial charge in [0, 0.05) is 25.0 Å². The number of rotatable bonds is 6. The molecule has 0 saturated heterocycles. The van der Waals surface area contributed by atoms with Crippen LogP contribution in [-0.2, 0) is 13.5 Å². The van der Waals surface area contributed by atoms with Crippen LogP contribution in [0.3, 0.4) is 0 Å². The number of nitrogens with one attached hydrogen (secondary N) is 1. The predicted octanol–water partition coefficient (Wildman–Crippen LogP) is 1.99. The number of nitrogens with two attached hydrogens (primary N) is 1. The van der Waals surface area contributed by atoms with Crippen LogP contribution in [0.25, 0.3) is 0 Å². The zero-order valence-corrected chi connectivity index (χ0v) is 11.9. The fourth-order valence-electron chi connectivity index (χ4n) is 3.11. The third kappa shape index (κ3) is 2.76. The second-order valence-electron chi connectivity index (χ2n) is 5.67. The van der Waals surface area contributed by atoms with Gasteiger partial charge in [-0.3, -0.25) is 16.0 Å². The third-order valence-corrected chi connectivity index (χ3v) is 4.43. The van der Waals surface area contributed by atoms with E-state index in [0.717, 1.165) is 12.8 Å². The molecule has 3 unspecified atom stereocenters. The van der Waals surface area contributed by atoms with Crippen LogP contribution in [0.2, 0.25) is 0 Å². The molecule has 4 heteroatoms. The second-order valence-corrected chi connectivity index (χ2v) is 5.67. The van der Waals surface area contributed by atoms with E-state index in [9.17, 15) is 0 Å². The first-order valence-corrected chi connectivity index (χ1v) is 7.27. The Morgan fingerprint density at radius 2 is 2.15 bits per heavy atom. The molecule has 3 atom stereocenters. The summed E-state index contributed by atoms with van der Waals surface area (Å²) in [5.41, 5.74) is 5.72. The molecule has 1 aliphatic rings. The van der Waals surface area contributed by atoms with Gasteiger partial charge in [0.1, 0.15) is 0 Å². The molecule has 1 aliphatic carbocycles. The van der Waals surface area contributed by atoms with E-state index in [1.807, 2.05) is 17.9 Å². The first kappa shape index (κ1) is 13.3. The van der Waals surface area contributed by atoms with Crippen molar-refractivity contribution < 1.29 is 0 Å². The molecule has 1 aromatic heterocycles. The van der Waals surface area contributed by atoms with Gasteiger partial charge in [0.05, 0.1) is 0 Å². The highest BCUT2D eigenvalue weighted by atomic mass is 15.3. The molecular formula is C16H22N4. The Hall–Kier alpha value is -1.65. The van der Waals surface area contributed by atoms with Crippen LogP contribution in [-0.4, -0.2) is 15.8 Å². The first-order chi connectivity index (χ1) is 9.79. The number of aromatic nitrogens is 2. The second kappa shape index (κ2) is 5.77. The summed E-state index contributed by atoms with van der Waals surface area (Å²) >= 11 is 0. The molecule has 0 amide bonds. The first-order valence-electron chi connectivity index (χ1n) is 7.27. The van der Waals surface area contributed by atoms with E-state index in [1.54, 1.807) is 0 Å². The van der Waals surface area contributed by atoms with Crippen LogP contribution in [0.4, 0.5) is 0 Å². The summed E-state index contributed by atoms with van der Waals surface area (Å²) < 4.78 is 1.94. The van der Waals surface area contributed by atoms with E-state index in [1.165, 1.54) is 17.7 Å². The van der Waals surface area contributed by atoms with E-state index in [-0.39, 0.29) is 0 Å². The summed E-state index contributed by atoms with van der Waals surface area (Å²) in [6, 6.07) is 13.2. The van der Waals surface area contributed by atoms with Gasteiger partial charge in [-0.05, 0) is 42.7 Å². The predicted molar refractivity (Wildman–Crippen MR) is 79.9 cm³/mol. The van der Waals surface area contributed by atoms with Crippen molar-refractivity contribution in [3.8, 4) is 0 Å². The molecule has 3 N–H and O–H groups in total. The lowest BCUT2D eigenvalue weighted by atomic mass is 10.0. The minimum absolute atomic E-state index is 0.384. The maximum absolute atomic E-state index is 5.76. The standard InChI is InChI=1S/C16H22N4/c1-20-13(9-10-18-20)7-8-16(19-17)15-11-14(15)12-5-3-2-4-6-12/h2-6,9-10,14-16,19H,7-8,11,17H2,1H3. The fraction of sp³-hybridized carbons (Fsp3) is 0.438. The van der Waals surface area contributed by atoms with Crippen molar-refractivity contribution in [1.29, 1.82) is 0 Å².